The first-order chi connectivity index (χ1) is 32.5. The minimum absolute atomic E-state index is 0. The predicted molar refractivity (Wildman–Crippen MR) is 287 cm³/mol. The van der Waals surface area contributed by atoms with Gasteiger partial charge in [-0.3, -0.25) is 19.4 Å². The number of carbonyl (C=O) groups is 3. The Hall–Kier alpha value is -4.48. The van der Waals surface area contributed by atoms with Crippen LogP contribution in [0.4, 0.5) is 0 Å². The van der Waals surface area contributed by atoms with E-state index in [1.807, 2.05) is 32.1 Å². The number of allylic oxidation sites excluding steroid dienone is 2. The van der Waals surface area contributed by atoms with Gasteiger partial charge in [0.2, 0.25) is 0 Å². The van der Waals surface area contributed by atoms with Gasteiger partial charge in [0.05, 0.1) is 36.2 Å². The van der Waals surface area contributed by atoms with Crippen molar-refractivity contribution in [3.8, 4) is 0 Å². The van der Waals surface area contributed by atoms with E-state index in [0.717, 1.165) is 87.5 Å². The van der Waals surface area contributed by atoms with Crippen molar-refractivity contribution in [2.45, 2.75) is 178 Å². The zero-order chi connectivity index (χ0) is 49.7. The summed E-state index contributed by atoms with van der Waals surface area (Å²) in [7, 11) is 1.36. The molecule has 5 rings (SSSR count). The van der Waals surface area contributed by atoms with Crippen LogP contribution >= 0.6 is 0 Å². The first-order valence-electron chi connectivity index (χ1n) is 25.8. The van der Waals surface area contributed by atoms with Crippen molar-refractivity contribution >= 4 is 80.2 Å². The summed E-state index contributed by atoms with van der Waals surface area (Å²) in [5, 5.41) is 3.08. The van der Waals surface area contributed by atoms with Gasteiger partial charge in [0.25, 0.3) is 5.91 Å². The Morgan fingerprint density at radius 3 is 2.12 bits per heavy atom. The number of esters is 2. The van der Waals surface area contributed by atoms with Gasteiger partial charge in [-0.25, -0.2) is 4.98 Å². The van der Waals surface area contributed by atoms with Gasteiger partial charge in [-0.15, -0.1) is 0 Å². The fourth-order valence-electron chi connectivity index (χ4n) is 10.1. The average Bonchev–Trinajstić information content (AvgIpc) is 3.98. The molecular weight excluding hydrogens is 871 g/mol. The molecule has 0 radical (unpaired) electrons. The van der Waals surface area contributed by atoms with Gasteiger partial charge in [-0.2, -0.15) is 0 Å². The number of aromatic amines is 2. The molecule has 1 amide bonds. The van der Waals surface area contributed by atoms with Crippen molar-refractivity contribution in [3.63, 3.8) is 0 Å². The maximum atomic E-state index is 14.2. The summed E-state index contributed by atoms with van der Waals surface area (Å²) in [4.78, 5) is 59.1. The number of aromatic nitrogens is 4. The number of H-pyrrole nitrogens is 2. The Labute approximate surface area is 430 Å². The first-order valence-corrected chi connectivity index (χ1v) is 25.8. The Morgan fingerprint density at radius 2 is 1.48 bits per heavy atom. The number of methoxy groups -OCH3 is 1. The zero-order valence-corrected chi connectivity index (χ0v) is 45.9. The zero-order valence-electron chi connectivity index (χ0n) is 44.4. The molecule has 3 aromatic rings. The third-order valence-corrected chi connectivity index (χ3v) is 14.5. The van der Waals surface area contributed by atoms with E-state index in [1.54, 1.807) is 0 Å². The van der Waals surface area contributed by atoms with Crippen LogP contribution in [0, 0.1) is 31.6 Å². The first kappa shape index (κ1) is 57.1. The number of hydrogen-bond donors (Lipinski definition) is 3. The second-order valence-electron chi connectivity index (χ2n) is 20.3. The molecular formula is C58H83MgN5O5+2. The quantitative estimate of drug-likeness (QED) is 0.0461. The van der Waals surface area contributed by atoms with Crippen LogP contribution in [0.25, 0.3) is 39.3 Å². The molecule has 0 aliphatic carbocycles. The smallest absolute Gasteiger partial charge is 0.469 e. The average molecular weight is 955 g/mol. The molecule has 0 fully saturated rings. The van der Waals surface area contributed by atoms with Crippen LogP contribution in [0.2, 0.25) is 0 Å². The van der Waals surface area contributed by atoms with Crippen molar-refractivity contribution in [1.82, 2.24) is 25.3 Å². The number of rotatable bonds is 24. The van der Waals surface area contributed by atoms with Crippen LogP contribution in [0.5, 0.6) is 0 Å². The molecule has 3 aromatic heterocycles. The Balaban J connectivity index is 0.0000104. The topological polar surface area (TPSA) is 139 Å². The maximum Gasteiger partial charge on any atom is 2.00 e. The van der Waals surface area contributed by atoms with Crippen LogP contribution in [-0.4, -0.2) is 81.1 Å². The molecule has 0 saturated heterocycles. The minimum atomic E-state index is -0.477. The van der Waals surface area contributed by atoms with E-state index in [1.165, 1.54) is 57.6 Å². The molecule has 3 N–H and O–H groups in total. The summed E-state index contributed by atoms with van der Waals surface area (Å²) in [5.41, 5.74) is 13.3. The summed E-state index contributed by atoms with van der Waals surface area (Å²) in [6.45, 7) is 28.8. The van der Waals surface area contributed by atoms with E-state index in [0.29, 0.717) is 52.7 Å². The van der Waals surface area contributed by atoms with Crippen molar-refractivity contribution in [3.05, 3.63) is 87.0 Å². The predicted octanol–water partition coefficient (Wildman–Crippen LogP) is 13.5. The van der Waals surface area contributed by atoms with Crippen molar-refractivity contribution in [1.29, 1.82) is 0 Å². The van der Waals surface area contributed by atoms with Crippen molar-refractivity contribution < 1.29 is 23.9 Å². The molecule has 4 atom stereocenters. The number of carbonyl (C=O) groups excluding carboxylic acids is 3. The van der Waals surface area contributed by atoms with Crippen LogP contribution in [0.15, 0.2) is 36.4 Å². The molecule has 2 aliphatic heterocycles. The second kappa shape index (κ2) is 27.2. The third-order valence-electron chi connectivity index (χ3n) is 14.5. The molecule has 0 aromatic carbocycles. The summed E-state index contributed by atoms with van der Waals surface area (Å²) >= 11 is 0. The number of ether oxygens (including phenoxy) is 2. The molecule has 0 saturated carbocycles. The standard InChI is InChI=1S/C58H83N5O5.Mg/c1-14-29-59-58(66)55-42(12)50-34-52-44(16-3)40(10)48(61-52)33-51-43(15-2)39(9)47(60-51)32-49-41(11)45(56(62-49)46(57(55)63-50)31-54(65)67-13)26-27-53(64)68-30-28-38(8)25-19-24-37(7)23-18-22-36(6)21-17-20-35(4)5;/h15,28,32-37,41,45,60-61H,2,14,16-27,29-31H2,1,3-13H3,(H,59,66);/q;+2/b38-28+,47-32?,48-33?,49-32?,50-34?,51-33?,52-34?,56-46?,57-46?;. The number of nitrogens with one attached hydrogen (secondary N) is 3. The molecule has 11 heteroatoms. The minimum Gasteiger partial charge on any atom is -0.469 e. The monoisotopic (exact) mass is 954 g/mol. The SMILES string of the molecule is C=Cc1c(C)c2cc3nc(c(CC(=O)OC)c4nc(cc5[nH]c(cc1[nH]2)c(C)c5CC)C(C)=C4C(=O)NCCC)C(CCC(=O)OC/C=C(\C)CCCC(C)CCCC(C)CCCC(C)C)C3C.[Mg+2]. The molecule has 0 spiro atoms. The molecule has 8 bridgehead atoms. The molecule has 4 unspecified atom stereocenters. The van der Waals surface area contributed by atoms with Crippen LogP contribution < -0.4 is 5.32 Å². The van der Waals surface area contributed by atoms with Crippen molar-refractivity contribution in [2.75, 3.05) is 20.3 Å². The molecule has 10 nitrogen and oxygen atoms in total. The number of nitrogens with zero attached hydrogens (tertiary/aromatic N) is 2. The summed E-state index contributed by atoms with van der Waals surface area (Å²) in [6.07, 6.45) is 17.1. The van der Waals surface area contributed by atoms with Gasteiger partial charge in [0.1, 0.15) is 6.61 Å². The fourth-order valence-corrected chi connectivity index (χ4v) is 10.1. The molecule has 69 heavy (non-hydrogen) atoms. The molecule has 5 heterocycles. The summed E-state index contributed by atoms with van der Waals surface area (Å²) in [5.74, 6) is 0.828. The van der Waals surface area contributed by atoms with Gasteiger partial charge >= 0.3 is 35.0 Å². The Kier molecular flexibility index (Phi) is 22.5. The van der Waals surface area contributed by atoms with Crippen LogP contribution in [-0.2, 0) is 36.7 Å². The molecule has 2 aliphatic rings. The van der Waals surface area contributed by atoms with E-state index >= 15 is 0 Å². The number of hydrogen-bond acceptors (Lipinski definition) is 7. The van der Waals surface area contributed by atoms with E-state index < -0.39 is 5.97 Å². The van der Waals surface area contributed by atoms with E-state index in [2.05, 4.69) is 96.3 Å². The van der Waals surface area contributed by atoms with E-state index in [-0.39, 0.29) is 66.2 Å². The fraction of sp³-hybridized carbons (Fsp3) is 0.569. The van der Waals surface area contributed by atoms with E-state index in [9.17, 15) is 14.4 Å². The normalized spacial score (nSPS) is 15.8. The maximum absolute atomic E-state index is 14.2. The second-order valence-corrected chi connectivity index (χ2v) is 20.3. The van der Waals surface area contributed by atoms with E-state index in [4.69, 9.17) is 19.4 Å². The van der Waals surface area contributed by atoms with Crippen LogP contribution in [0.1, 0.15) is 202 Å². The number of fused-ring (bicyclic) bond motifs is 8. The number of amides is 1. The van der Waals surface area contributed by atoms with Gasteiger partial charge in [-0.1, -0.05) is 112 Å². The summed E-state index contributed by atoms with van der Waals surface area (Å²) < 4.78 is 11.1. The van der Waals surface area contributed by atoms with Gasteiger partial charge in [0.15, 0.2) is 0 Å². The van der Waals surface area contributed by atoms with Crippen LogP contribution in [0.3, 0.4) is 0 Å². The molecule has 370 valence electrons. The van der Waals surface area contributed by atoms with Gasteiger partial charge < -0.3 is 24.8 Å². The van der Waals surface area contributed by atoms with Gasteiger partial charge in [-0.05, 0) is 124 Å². The largest absolute Gasteiger partial charge is 2.00 e. The number of aryl methyl sites for hydroxylation is 3. The van der Waals surface area contributed by atoms with Gasteiger partial charge in [0, 0.05) is 63.7 Å². The third kappa shape index (κ3) is 15.0. The Bertz CT molecular complexity index is 2510. The van der Waals surface area contributed by atoms with Crippen molar-refractivity contribution in [2.24, 2.45) is 17.8 Å². The Morgan fingerprint density at radius 1 is 0.826 bits per heavy atom. The summed E-state index contributed by atoms with van der Waals surface area (Å²) in [6, 6.07) is 6.20.